The van der Waals surface area contributed by atoms with E-state index in [0.717, 1.165) is 34.6 Å². The van der Waals surface area contributed by atoms with Crippen molar-refractivity contribution >= 4 is 5.91 Å². The molecule has 4 nitrogen and oxygen atoms in total. The predicted molar refractivity (Wildman–Crippen MR) is 107 cm³/mol. The van der Waals surface area contributed by atoms with Crippen molar-refractivity contribution in [1.82, 2.24) is 5.32 Å². The van der Waals surface area contributed by atoms with Gasteiger partial charge in [-0.2, -0.15) is 0 Å². The van der Waals surface area contributed by atoms with Crippen molar-refractivity contribution in [2.75, 3.05) is 0 Å². The Kier molecular flexibility index (Phi) is 5.45. The number of aryl methyl sites for hydroxylation is 2. The highest BCUT2D eigenvalue weighted by molar-refractivity contribution is 5.81. The van der Waals surface area contributed by atoms with Gasteiger partial charge in [-0.05, 0) is 57.9 Å². The Morgan fingerprint density at radius 1 is 1.22 bits per heavy atom. The number of carbonyl (C=O) groups is 1. The number of fused-ring (bicyclic) bond motifs is 1. The normalized spacial score (nSPS) is 18.8. The average Bonchev–Trinajstić information content (AvgIpc) is 2.59. The third-order valence-electron chi connectivity index (χ3n) is 4.87. The van der Waals surface area contributed by atoms with Crippen LogP contribution in [0, 0.1) is 13.8 Å². The van der Waals surface area contributed by atoms with E-state index in [0.29, 0.717) is 6.42 Å². The van der Waals surface area contributed by atoms with Crippen molar-refractivity contribution in [2.45, 2.75) is 65.2 Å². The quantitative estimate of drug-likeness (QED) is 0.819. The summed E-state index contributed by atoms with van der Waals surface area (Å²) in [5, 5.41) is 3.20. The standard InChI is InChI=1S/C23H29NO3/c1-6-20(26-17-9-7-8-15(2)12-17)22(25)24-19-14-23(4,5)27-21-11-10-16(3)13-18(19)21/h7-13,19-20H,6,14H2,1-5H3,(H,24,25). The van der Waals surface area contributed by atoms with Gasteiger partial charge < -0.3 is 14.8 Å². The zero-order valence-corrected chi connectivity index (χ0v) is 16.8. The molecule has 0 fully saturated rings. The van der Waals surface area contributed by atoms with Crippen LogP contribution >= 0.6 is 0 Å². The van der Waals surface area contributed by atoms with Crippen LogP contribution in [0.25, 0.3) is 0 Å². The Morgan fingerprint density at radius 3 is 2.67 bits per heavy atom. The van der Waals surface area contributed by atoms with Gasteiger partial charge in [-0.15, -0.1) is 0 Å². The smallest absolute Gasteiger partial charge is 0.261 e. The molecular weight excluding hydrogens is 338 g/mol. The highest BCUT2D eigenvalue weighted by Gasteiger charge is 2.35. The van der Waals surface area contributed by atoms with Crippen molar-refractivity contribution in [2.24, 2.45) is 0 Å². The fourth-order valence-electron chi connectivity index (χ4n) is 3.54. The van der Waals surface area contributed by atoms with Crippen LogP contribution in [0.1, 0.15) is 56.3 Å². The number of ether oxygens (including phenoxy) is 2. The van der Waals surface area contributed by atoms with Crippen molar-refractivity contribution in [3.8, 4) is 11.5 Å². The second-order valence-corrected chi connectivity index (χ2v) is 8.00. The summed E-state index contributed by atoms with van der Waals surface area (Å²) in [7, 11) is 0. The van der Waals surface area contributed by atoms with Gasteiger partial charge in [0, 0.05) is 12.0 Å². The molecule has 2 aromatic carbocycles. The van der Waals surface area contributed by atoms with E-state index in [1.165, 1.54) is 0 Å². The van der Waals surface area contributed by atoms with Crippen LogP contribution in [0.4, 0.5) is 0 Å². The molecular formula is C23H29NO3. The zero-order valence-electron chi connectivity index (χ0n) is 16.8. The summed E-state index contributed by atoms with van der Waals surface area (Å²) in [5.74, 6) is 1.48. The molecule has 1 amide bonds. The molecule has 1 aliphatic heterocycles. The maximum absolute atomic E-state index is 13.0. The first kappa shape index (κ1) is 19.3. The van der Waals surface area contributed by atoms with Crippen molar-refractivity contribution in [3.63, 3.8) is 0 Å². The molecule has 3 rings (SSSR count). The van der Waals surface area contributed by atoms with Crippen molar-refractivity contribution in [3.05, 3.63) is 59.2 Å². The molecule has 2 unspecified atom stereocenters. The van der Waals surface area contributed by atoms with E-state index in [9.17, 15) is 4.79 Å². The number of benzene rings is 2. The van der Waals surface area contributed by atoms with Crippen molar-refractivity contribution in [1.29, 1.82) is 0 Å². The number of hydrogen-bond acceptors (Lipinski definition) is 3. The minimum absolute atomic E-state index is 0.0887. The molecule has 4 heteroatoms. The Balaban J connectivity index is 1.78. The molecule has 0 radical (unpaired) electrons. The predicted octanol–water partition coefficient (Wildman–Crippen LogP) is 4.88. The summed E-state index contributed by atoms with van der Waals surface area (Å²) in [6.07, 6.45) is 0.800. The Hall–Kier alpha value is -2.49. The second kappa shape index (κ2) is 7.63. The number of nitrogens with one attached hydrogen (secondary N) is 1. The molecule has 0 bridgehead atoms. The van der Waals surface area contributed by atoms with Gasteiger partial charge in [0.1, 0.15) is 17.1 Å². The van der Waals surface area contributed by atoms with E-state index in [1.54, 1.807) is 0 Å². The Morgan fingerprint density at radius 2 is 1.96 bits per heavy atom. The molecule has 0 aliphatic carbocycles. The fraction of sp³-hybridized carbons (Fsp3) is 0.435. The van der Waals surface area contributed by atoms with E-state index in [2.05, 4.69) is 32.2 Å². The van der Waals surface area contributed by atoms with Gasteiger partial charge in [0.2, 0.25) is 0 Å². The number of rotatable bonds is 5. The van der Waals surface area contributed by atoms with Crippen LogP contribution in [-0.4, -0.2) is 17.6 Å². The molecule has 0 saturated heterocycles. The topological polar surface area (TPSA) is 47.6 Å². The lowest BCUT2D eigenvalue weighted by molar-refractivity contribution is -0.129. The molecule has 1 N–H and O–H groups in total. The van der Waals surface area contributed by atoms with Gasteiger partial charge in [-0.25, -0.2) is 0 Å². The Bertz CT molecular complexity index is 828. The summed E-state index contributed by atoms with van der Waals surface area (Å²) in [6, 6.07) is 13.8. The monoisotopic (exact) mass is 367 g/mol. The molecule has 144 valence electrons. The lowest BCUT2D eigenvalue weighted by Gasteiger charge is -2.38. The highest BCUT2D eigenvalue weighted by Crippen LogP contribution is 2.40. The zero-order chi connectivity index (χ0) is 19.6. The van der Waals surface area contributed by atoms with Crippen LogP contribution in [-0.2, 0) is 4.79 Å². The molecule has 2 aromatic rings. The van der Waals surface area contributed by atoms with Crippen molar-refractivity contribution < 1.29 is 14.3 Å². The van der Waals surface area contributed by atoms with Crippen LogP contribution in [0.3, 0.4) is 0 Å². The van der Waals surface area contributed by atoms with Crippen LogP contribution < -0.4 is 14.8 Å². The van der Waals surface area contributed by atoms with Gasteiger partial charge in [-0.3, -0.25) is 4.79 Å². The van der Waals surface area contributed by atoms with Crippen LogP contribution in [0.5, 0.6) is 11.5 Å². The lowest BCUT2D eigenvalue weighted by Crippen LogP contribution is -2.45. The summed E-state index contributed by atoms with van der Waals surface area (Å²) >= 11 is 0. The Labute approximate surface area is 161 Å². The summed E-state index contributed by atoms with van der Waals surface area (Å²) in [5.41, 5.74) is 2.96. The third kappa shape index (κ3) is 4.62. The summed E-state index contributed by atoms with van der Waals surface area (Å²) in [6.45, 7) is 10.1. The molecule has 1 heterocycles. The van der Waals surface area contributed by atoms with Crippen LogP contribution in [0.15, 0.2) is 42.5 Å². The lowest BCUT2D eigenvalue weighted by atomic mass is 9.88. The maximum Gasteiger partial charge on any atom is 0.261 e. The molecule has 0 aromatic heterocycles. The van der Waals surface area contributed by atoms with E-state index in [1.807, 2.05) is 50.2 Å². The van der Waals surface area contributed by atoms with E-state index >= 15 is 0 Å². The SMILES string of the molecule is CCC(Oc1cccc(C)c1)C(=O)NC1CC(C)(C)Oc2ccc(C)cc21. The largest absolute Gasteiger partial charge is 0.487 e. The van der Waals surface area contributed by atoms with Crippen LogP contribution in [0.2, 0.25) is 0 Å². The van der Waals surface area contributed by atoms with Gasteiger partial charge in [0.25, 0.3) is 5.91 Å². The minimum Gasteiger partial charge on any atom is -0.487 e. The highest BCUT2D eigenvalue weighted by atomic mass is 16.5. The van der Waals surface area contributed by atoms with E-state index < -0.39 is 6.10 Å². The number of amides is 1. The minimum atomic E-state index is -0.522. The summed E-state index contributed by atoms with van der Waals surface area (Å²) in [4.78, 5) is 13.0. The fourth-order valence-corrected chi connectivity index (χ4v) is 3.54. The van der Waals surface area contributed by atoms with E-state index in [4.69, 9.17) is 9.47 Å². The first-order valence-corrected chi connectivity index (χ1v) is 9.60. The number of carbonyl (C=O) groups excluding carboxylic acids is 1. The summed E-state index contributed by atoms with van der Waals surface area (Å²) < 4.78 is 12.1. The number of hydrogen-bond donors (Lipinski definition) is 1. The molecule has 0 spiro atoms. The van der Waals surface area contributed by atoms with Gasteiger partial charge >= 0.3 is 0 Å². The molecule has 0 saturated carbocycles. The maximum atomic E-state index is 13.0. The van der Waals surface area contributed by atoms with Gasteiger partial charge in [-0.1, -0.05) is 36.8 Å². The molecule has 27 heavy (non-hydrogen) atoms. The first-order chi connectivity index (χ1) is 12.8. The third-order valence-corrected chi connectivity index (χ3v) is 4.87. The average molecular weight is 367 g/mol. The molecule has 1 aliphatic rings. The van der Waals surface area contributed by atoms with E-state index in [-0.39, 0.29) is 17.6 Å². The second-order valence-electron chi connectivity index (χ2n) is 8.00. The first-order valence-electron chi connectivity index (χ1n) is 9.60. The van der Waals surface area contributed by atoms with Gasteiger partial charge in [0.15, 0.2) is 6.10 Å². The molecule has 2 atom stereocenters. The van der Waals surface area contributed by atoms with Gasteiger partial charge in [0.05, 0.1) is 6.04 Å².